The molecule has 0 aliphatic carbocycles. The van der Waals surface area contributed by atoms with Gasteiger partial charge >= 0.3 is 0 Å². The monoisotopic (exact) mass is 364 g/mol. The van der Waals surface area contributed by atoms with E-state index in [2.05, 4.69) is 20.6 Å². The lowest BCUT2D eigenvalue weighted by molar-refractivity contribution is 0.0914. The van der Waals surface area contributed by atoms with Gasteiger partial charge in [-0.05, 0) is 32.9 Å². The van der Waals surface area contributed by atoms with Crippen molar-refractivity contribution in [1.29, 1.82) is 0 Å². The van der Waals surface area contributed by atoms with Crippen molar-refractivity contribution in [3.63, 3.8) is 0 Å². The van der Waals surface area contributed by atoms with Crippen molar-refractivity contribution in [1.82, 2.24) is 15.3 Å². The number of benzene rings is 2. The van der Waals surface area contributed by atoms with Crippen molar-refractivity contribution in [3.05, 3.63) is 72.2 Å². The number of halogens is 1. The van der Waals surface area contributed by atoms with Crippen molar-refractivity contribution >= 4 is 17.4 Å². The summed E-state index contributed by atoms with van der Waals surface area (Å²) >= 11 is 0. The predicted octanol–water partition coefficient (Wildman–Crippen LogP) is 4.55. The van der Waals surface area contributed by atoms with Crippen LogP contribution >= 0.6 is 0 Å². The van der Waals surface area contributed by atoms with Crippen molar-refractivity contribution < 1.29 is 9.18 Å². The maximum Gasteiger partial charge on any atom is 0.270 e. The zero-order valence-electron chi connectivity index (χ0n) is 15.5. The number of nitrogens with one attached hydrogen (secondary N) is 2. The van der Waals surface area contributed by atoms with Gasteiger partial charge in [-0.25, -0.2) is 14.4 Å². The zero-order chi connectivity index (χ0) is 19.4. The van der Waals surface area contributed by atoms with Crippen LogP contribution in [0, 0.1) is 5.82 Å². The molecule has 6 heteroatoms. The van der Waals surface area contributed by atoms with Crippen molar-refractivity contribution in [2.24, 2.45) is 0 Å². The molecule has 3 aromatic rings. The van der Waals surface area contributed by atoms with Gasteiger partial charge in [0.05, 0.1) is 5.69 Å². The standard InChI is InChI=1S/C21H21FN4O/c1-21(2,3)26-20(27)17-13-18(23-16-12-8-7-11-15(16)22)25-19(24-17)14-9-5-4-6-10-14/h4-13H,1-3H3,(H,26,27)(H,23,24,25). The number of hydrogen-bond donors (Lipinski definition) is 2. The molecule has 138 valence electrons. The first kappa shape index (κ1) is 18.5. The normalized spacial score (nSPS) is 11.1. The molecule has 0 spiro atoms. The molecule has 5 nitrogen and oxygen atoms in total. The van der Waals surface area contributed by atoms with Crippen LogP contribution in [-0.2, 0) is 0 Å². The number of rotatable bonds is 4. The molecule has 0 aliphatic heterocycles. The molecule has 1 amide bonds. The number of aromatic nitrogens is 2. The van der Waals surface area contributed by atoms with Crippen LogP contribution in [0.15, 0.2) is 60.7 Å². The Kier molecular flexibility index (Phi) is 5.16. The fourth-order valence-corrected chi connectivity index (χ4v) is 2.45. The summed E-state index contributed by atoms with van der Waals surface area (Å²) in [6.45, 7) is 5.67. The van der Waals surface area contributed by atoms with Gasteiger partial charge in [-0.3, -0.25) is 4.79 Å². The highest BCUT2D eigenvalue weighted by molar-refractivity contribution is 5.94. The Bertz CT molecular complexity index is 952. The van der Waals surface area contributed by atoms with Gasteiger partial charge in [0, 0.05) is 17.2 Å². The second kappa shape index (κ2) is 7.53. The Morgan fingerprint density at radius 3 is 2.30 bits per heavy atom. The summed E-state index contributed by atoms with van der Waals surface area (Å²) in [5.41, 5.74) is 0.836. The van der Waals surface area contributed by atoms with E-state index in [1.165, 1.54) is 12.1 Å². The van der Waals surface area contributed by atoms with Gasteiger partial charge in [-0.15, -0.1) is 0 Å². The lowest BCUT2D eigenvalue weighted by Gasteiger charge is -2.20. The quantitative estimate of drug-likeness (QED) is 0.712. The van der Waals surface area contributed by atoms with E-state index in [-0.39, 0.29) is 17.3 Å². The molecule has 27 heavy (non-hydrogen) atoms. The van der Waals surface area contributed by atoms with Crippen molar-refractivity contribution in [3.8, 4) is 11.4 Å². The Morgan fingerprint density at radius 1 is 0.963 bits per heavy atom. The lowest BCUT2D eigenvalue weighted by Crippen LogP contribution is -2.41. The number of carbonyl (C=O) groups is 1. The van der Waals surface area contributed by atoms with Crippen LogP contribution in [-0.4, -0.2) is 21.4 Å². The highest BCUT2D eigenvalue weighted by atomic mass is 19.1. The number of hydrogen-bond acceptors (Lipinski definition) is 4. The van der Waals surface area contributed by atoms with Crippen LogP contribution < -0.4 is 10.6 Å². The van der Waals surface area contributed by atoms with E-state index >= 15 is 0 Å². The molecule has 2 N–H and O–H groups in total. The molecule has 1 heterocycles. The third-order valence-electron chi connectivity index (χ3n) is 3.62. The van der Waals surface area contributed by atoms with E-state index < -0.39 is 11.4 Å². The average Bonchev–Trinajstić information content (AvgIpc) is 2.63. The first-order chi connectivity index (χ1) is 12.8. The van der Waals surface area contributed by atoms with Gasteiger partial charge in [0.1, 0.15) is 17.3 Å². The molecular formula is C21H21FN4O. The van der Waals surface area contributed by atoms with Crippen LogP contribution in [0.2, 0.25) is 0 Å². The van der Waals surface area contributed by atoms with Gasteiger partial charge < -0.3 is 10.6 Å². The van der Waals surface area contributed by atoms with Gasteiger partial charge in [-0.1, -0.05) is 42.5 Å². The van der Waals surface area contributed by atoms with Crippen molar-refractivity contribution in [2.75, 3.05) is 5.32 Å². The van der Waals surface area contributed by atoms with E-state index in [9.17, 15) is 9.18 Å². The molecule has 0 unspecified atom stereocenters. The maximum absolute atomic E-state index is 14.0. The Labute approximate surface area is 157 Å². The van der Waals surface area contributed by atoms with E-state index in [1.807, 2.05) is 51.1 Å². The molecule has 3 rings (SSSR count). The summed E-state index contributed by atoms with van der Waals surface area (Å²) in [4.78, 5) is 21.5. The predicted molar refractivity (Wildman–Crippen MR) is 104 cm³/mol. The van der Waals surface area contributed by atoms with Crippen LogP contribution in [0.3, 0.4) is 0 Å². The first-order valence-electron chi connectivity index (χ1n) is 8.60. The molecule has 0 bridgehead atoms. The number of amides is 1. The SMILES string of the molecule is CC(C)(C)NC(=O)c1cc(Nc2ccccc2F)nc(-c2ccccc2)n1. The fourth-order valence-electron chi connectivity index (χ4n) is 2.45. The van der Waals surface area contributed by atoms with Crippen LogP contribution in [0.4, 0.5) is 15.9 Å². The molecule has 0 fully saturated rings. The Morgan fingerprint density at radius 2 is 1.63 bits per heavy atom. The van der Waals surface area contributed by atoms with E-state index in [0.717, 1.165) is 5.56 Å². The summed E-state index contributed by atoms with van der Waals surface area (Å²) < 4.78 is 14.0. The van der Waals surface area contributed by atoms with Gasteiger partial charge in [-0.2, -0.15) is 0 Å². The van der Waals surface area contributed by atoms with Crippen LogP contribution in [0.1, 0.15) is 31.3 Å². The van der Waals surface area contributed by atoms with Gasteiger partial charge in [0.2, 0.25) is 0 Å². The molecular weight excluding hydrogens is 343 g/mol. The Hall–Kier alpha value is -3.28. The minimum atomic E-state index is -0.409. The molecule has 2 aromatic carbocycles. The molecule has 0 atom stereocenters. The summed E-state index contributed by atoms with van der Waals surface area (Å²) in [6.07, 6.45) is 0. The summed E-state index contributed by atoms with van der Waals surface area (Å²) in [6, 6.07) is 17.1. The highest BCUT2D eigenvalue weighted by Gasteiger charge is 2.19. The maximum atomic E-state index is 14.0. The van der Waals surface area contributed by atoms with Crippen molar-refractivity contribution in [2.45, 2.75) is 26.3 Å². The summed E-state index contributed by atoms with van der Waals surface area (Å²) in [5.74, 6) is 0.000687. The van der Waals surface area contributed by atoms with E-state index in [1.54, 1.807) is 18.2 Å². The summed E-state index contributed by atoms with van der Waals surface area (Å²) in [5, 5.41) is 5.82. The van der Waals surface area contributed by atoms with E-state index in [0.29, 0.717) is 11.6 Å². The largest absolute Gasteiger partial charge is 0.346 e. The summed E-state index contributed by atoms with van der Waals surface area (Å²) in [7, 11) is 0. The molecule has 0 aliphatic rings. The Balaban J connectivity index is 2.03. The zero-order valence-corrected chi connectivity index (χ0v) is 15.5. The molecule has 0 saturated carbocycles. The molecule has 0 saturated heterocycles. The lowest BCUT2D eigenvalue weighted by atomic mass is 10.1. The number of nitrogens with zero attached hydrogens (tertiary/aromatic N) is 2. The topological polar surface area (TPSA) is 66.9 Å². The number of para-hydroxylation sites is 1. The fraction of sp³-hybridized carbons (Fsp3) is 0.190. The third kappa shape index (κ3) is 4.88. The number of carbonyl (C=O) groups excluding carboxylic acids is 1. The number of anilines is 2. The van der Waals surface area contributed by atoms with Crippen LogP contribution in [0.25, 0.3) is 11.4 Å². The highest BCUT2D eigenvalue weighted by Crippen LogP contribution is 2.22. The first-order valence-corrected chi connectivity index (χ1v) is 8.60. The second-order valence-electron chi connectivity index (χ2n) is 7.14. The van der Waals surface area contributed by atoms with Gasteiger partial charge in [0.25, 0.3) is 5.91 Å². The minimum absolute atomic E-state index is 0.206. The second-order valence-corrected chi connectivity index (χ2v) is 7.14. The smallest absolute Gasteiger partial charge is 0.270 e. The molecule has 1 aromatic heterocycles. The average molecular weight is 364 g/mol. The van der Waals surface area contributed by atoms with E-state index in [4.69, 9.17) is 0 Å². The van der Waals surface area contributed by atoms with Crippen LogP contribution in [0.5, 0.6) is 0 Å². The third-order valence-corrected chi connectivity index (χ3v) is 3.62. The van der Waals surface area contributed by atoms with Gasteiger partial charge in [0.15, 0.2) is 5.82 Å². The molecule has 0 radical (unpaired) electrons. The minimum Gasteiger partial charge on any atom is -0.346 e.